The first kappa shape index (κ1) is 14.3. The predicted octanol–water partition coefficient (Wildman–Crippen LogP) is 3.30. The fraction of sp³-hybridized carbons (Fsp3) is 0.222. The summed E-state index contributed by atoms with van der Waals surface area (Å²) < 4.78 is 0. The maximum atomic E-state index is 11.8. The molecule has 0 saturated carbocycles. The molecular weight excluding hydrogens is 274 g/mol. The number of benzene rings is 2. The molecule has 22 heavy (non-hydrogen) atoms. The van der Waals surface area contributed by atoms with E-state index in [2.05, 4.69) is 15.3 Å². The van der Waals surface area contributed by atoms with Crippen LogP contribution in [0, 0.1) is 0 Å². The van der Waals surface area contributed by atoms with Crippen LogP contribution in [0.4, 0.5) is 0 Å². The zero-order chi connectivity index (χ0) is 15.4. The third kappa shape index (κ3) is 3.17. The predicted molar refractivity (Wildman–Crippen MR) is 88.5 cm³/mol. The van der Waals surface area contributed by atoms with Crippen molar-refractivity contribution in [2.45, 2.75) is 19.8 Å². The number of carbonyl (C=O) groups is 1. The van der Waals surface area contributed by atoms with E-state index in [9.17, 15) is 4.79 Å². The molecule has 4 heteroatoms. The summed E-state index contributed by atoms with van der Waals surface area (Å²) >= 11 is 0. The molecule has 0 aliphatic heterocycles. The second-order valence-corrected chi connectivity index (χ2v) is 5.33. The molecule has 0 unspecified atom stereocenters. The molecule has 0 saturated heterocycles. The molecule has 0 aliphatic rings. The Labute approximate surface area is 129 Å². The molecule has 3 rings (SSSR count). The molecule has 112 valence electrons. The van der Waals surface area contributed by atoms with Crippen LogP contribution < -0.4 is 5.32 Å². The van der Waals surface area contributed by atoms with E-state index < -0.39 is 0 Å². The molecule has 2 N–H and O–H groups in total. The van der Waals surface area contributed by atoms with Gasteiger partial charge >= 0.3 is 0 Å². The van der Waals surface area contributed by atoms with Crippen LogP contribution in [0.5, 0.6) is 0 Å². The van der Waals surface area contributed by atoms with Crippen molar-refractivity contribution in [3.8, 4) is 11.4 Å². The van der Waals surface area contributed by atoms with Crippen LogP contribution in [0.2, 0.25) is 0 Å². The number of nitrogens with one attached hydrogen (secondary N) is 2. The van der Waals surface area contributed by atoms with E-state index in [0.29, 0.717) is 6.42 Å². The molecular formula is C18H19N3O. The minimum atomic E-state index is 0.0593. The zero-order valence-corrected chi connectivity index (χ0v) is 12.6. The molecule has 0 spiro atoms. The lowest BCUT2D eigenvalue weighted by Gasteiger charge is -2.03. The largest absolute Gasteiger partial charge is 0.356 e. The Morgan fingerprint density at radius 3 is 2.77 bits per heavy atom. The molecule has 0 fully saturated rings. The molecule has 0 radical (unpaired) electrons. The highest BCUT2D eigenvalue weighted by atomic mass is 16.1. The van der Waals surface area contributed by atoms with Gasteiger partial charge in [-0.15, -0.1) is 0 Å². The first-order chi connectivity index (χ1) is 10.8. The molecule has 0 bridgehead atoms. The molecule has 1 aromatic heterocycles. The van der Waals surface area contributed by atoms with E-state index in [-0.39, 0.29) is 5.91 Å². The van der Waals surface area contributed by atoms with Crippen LogP contribution in [0.3, 0.4) is 0 Å². The minimum Gasteiger partial charge on any atom is -0.356 e. The van der Waals surface area contributed by atoms with Gasteiger partial charge in [0.05, 0.1) is 17.5 Å². The third-order valence-corrected chi connectivity index (χ3v) is 3.53. The fourth-order valence-electron chi connectivity index (χ4n) is 2.41. The van der Waals surface area contributed by atoms with Gasteiger partial charge < -0.3 is 10.3 Å². The van der Waals surface area contributed by atoms with Crippen LogP contribution in [-0.4, -0.2) is 22.4 Å². The van der Waals surface area contributed by atoms with Crippen molar-refractivity contribution in [2.24, 2.45) is 0 Å². The number of imidazole rings is 1. The molecule has 4 nitrogen and oxygen atoms in total. The Kier molecular flexibility index (Phi) is 4.19. The summed E-state index contributed by atoms with van der Waals surface area (Å²) in [5, 5.41) is 2.90. The highest BCUT2D eigenvalue weighted by Crippen LogP contribution is 2.21. The molecule has 0 atom stereocenters. The van der Waals surface area contributed by atoms with Gasteiger partial charge in [-0.3, -0.25) is 4.79 Å². The van der Waals surface area contributed by atoms with Gasteiger partial charge in [-0.1, -0.05) is 43.3 Å². The minimum absolute atomic E-state index is 0.0593. The Morgan fingerprint density at radius 2 is 2.00 bits per heavy atom. The maximum absolute atomic E-state index is 11.8. The van der Waals surface area contributed by atoms with E-state index in [1.165, 1.54) is 0 Å². The standard InChI is InChI=1S/C18H19N3O/c1-2-10-19-17(22)12-13-8-9-15-16(11-13)21-18(20-15)14-6-4-3-5-7-14/h3-9,11H,2,10,12H2,1H3,(H,19,22)(H,20,21). The van der Waals surface area contributed by atoms with Crippen molar-refractivity contribution >= 4 is 16.9 Å². The van der Waals surface area contributed by atoms with Gasteiger partial charge in [-0.05, 0) is 24.1 Å². The van der Waals surface area contributed by atoms with Gasteiger partial charge in [0.1, 0.15) is 5.82 Å². The number of rotatable bonds is 5. The topological polar surface area (TPSA) is 57.8 Å². The number of H-pyrrole nitrogens is 1. The lowest BCUT2D eigenvalue weighted by atomic mass is 10.1. The lowest BCUT2D eigenvalue weighted by molar-refractivity contribution is -0.120. The van der Waals surface area contributed by atoms with Crippen LogP contribution in [0.15, 0.2) is 48.5 Å². The van der Waals surface area contributed by atoms with Crippen molar-refractivity contribution in [2.75, 3.05) is 6.54 Å². The van der Waals surface area contributed by atoms with Crippen LogP contribution >= 0.6 is 0 Å². The van der Waals surface area contributed by atoms with E-state index in [1.54, 1.807) is 0 Å². The van der Waals surface area contributed by atoms with E-state index in [4.69, 9.17) is 0 Å². The molecule has 3 aromatic rings. The second kappa shape index (κ2) is 6.43. The number of hydrogen-bond donors (Lipinski definition) is 2. The first-order valence-corrected chi connectivity index (χ1v) is 7.57. The van der Waals surface area contributed by atoms with Crippen LogP contribution in [0.25, 0.3) is 22.4 Å². The fourth-order valence-corrected chi connectivity index (χ4v) is 2.41. The number of amides is 1. The third-order valence-electron chi connectivity index (χ3n) is 3.53. The normalized spacial score (nSPS) is 10.8. The maximum Gasteiger partial charge on any atom is 0.224 e. The van der Waals surface area contributed by atoms with E-state index in [1.807, 2.05) is 55.5 Å². The number of fused-ring (bicyclic) bond motifs is 1. The molecule has 1 amide bonds. The van der Waals surface area contributed by atoms with Gasteiger partial charge in [-0.25, -0.2) is 4.98 Å². The summed E-state index contributed by atoms with van der Waals surface area (Å²) in [6.45, 7) is 2.77. The first-order valence-electron chi connectivity index (χ1n) is 7.57. The van der Waals surface area contributed by atoms with Crippen molar-refractivity contribution in [1.82, 2.24) is 15.3 Å². The number of aromatic nitrogens is 2. The van der Waals surface area contributed by atoms with E-state index >= 15 is 0 Å². The van der Waals surface area contributed by atoms with E-state index in [0.717, 1.165) is 41.0 Å². The van der Waals surface area contributed by atoms with Gasteiger partial charge in [0.15, 0.2) is 0 Å². The molecule has 2 aromatic carbocycles. The smallest absolute Gasteiger partial charge is 0.224 e. The Morgan fingerprint density at radius 1 is 1.18 bits per heavy atom. The van der Waals surface area contributed by atoms with Gasteiger partial charge in [-0.2, -0.15) is 0 Å². The highest BCUT2D eigenvalue weighted by molar-refractivity contribution is 5.83. The van der Waals surface area contributed by atoms with Crippen molar-refractivity contribution in [3.63, 3.8) is 0 Å². The summed E-state index contributed by atoms with van der Waals surface area (Å²) in [5.41, 5.74) is 3.92. The summed E-state index contributed by atoms with van der Waals surface area (Å²) in [5.74, 6) is 0.909. The van der Waals surface area contributed by atoms with Gasteiger partial charge in [0.25, 0.3) is 0 Å². The number of nitrogens with zero attached hydrogens (tertiary/aromatic N) is 1. The number of carbonyl (C=O) groups excluding carboxylic acids is 1. The van der Waals surface area contributed by atoms with Crippen molar-refractivity contribution in [1.29, 1.82) is 0 Å². The van der Waals surface area contributed by atoms with Crippen molar-refractivity contribution < 1.29 is 4.79 Å². The van der Waals surface area contributed by atoms with Crippen LogP contribution in [-0.2, 0) is 11.2 Å². The van der Waals surface area contributed by atoms with Crippen LogP contribution in [0.1, 0.15) is 18.9 Å². The molecule has 1 heterocycles. The SMILES string of the molecule is CCCNC(=O)Cc1ccc2nc(-c3ccccc3)[nH]c2c1. The highest BCUT2D eigenvalue weighted by Gasteiger charge is 2.07. The van der Waals surface area contributed by atoms with Gasteiger partial charge in [0, 0.05) is 12.1 Å². The lowest BCUT2D eigenvalue weighted by Crippen LogP contribution is -2.25. The number of aromatic amines is 1. The summed E-state index contributed by atoms with van der Waals surface area (Å²) in [4.78, 5) is 19.7. The summed E-state index contributed by atoms with van der Waals surface area (Å²) in [6, 6.07) is 15.9. The molecule has 0 aliphatic carbocycles. The zero-order valence-electron chi connectivity index (χ0n) is 12.6. The summed E-state index contributed by atoms with van der Waals surface area (Å²) in [6.07, 6.45) is 1.35. The quantitative estimate of drug-likeness (QED) is 0.758. The Bertz CT molecular complexity index is 777. The average molecular weight is 293 g/mol. The summed E-state index contributed by atoms with van der Waals surface area (Å²) in [7, 11) is 0. The Hall–Kier alpha value is -2.62. The monoisotopic (exact) mass is 293 g/mol. The second-order valence-electron chi connectivity index (χ2n) is 5.33. The Balaban J connectivity index is 1.83. The van der Waals surface area contributed by atoms with Gasteiger partial charge in [0.2, 0.25) is 5.91 Å². The number of hydrogen-bond acceptors (Lipinski definition) is 2. The average Bonchev–Trinajstić information content (AvgIpc) is 2.97. The van der Waals surface area contributed by atoms with Crippen molar-refractivity contribution in [3.05, 3.63) is 54.1 Å².